The average Bonchev–Trinajstić information content (AvgIpc) is 2.99. The lowest BCUT2D eigenvalue weighted by Crippen LogP contribution is -2.19. The molecule has 1 saturated heterocycles. The fourth-order valence-electron chi connectivity index (χ4n) is 2.50. The van der Waals surface area contributed by atoms with E-state index < -0.39 is 0 Å². The van der Waals surface area contributed by atoms with Crippen LogP contribution in [0.1, 0.15) is 44.5 Å². The fraction of sp³-hybridized carbons (Fsp3) is 0.857. The second-order valence-electron chi connectivity index (χ2n) is 5.76. The highest BCUT2D eigenvalue weighted by molar-refractivity contribution is 5.10. The lowest BCUT2D eigenvalue weighted by atomic mass is 10.1. The average molecular weight is 266 g/mol. The standard InChI is InChI=1S/C14H26N4O/c1-11(2)6-7-14-13(9-15-3)16-17-18(14)10-12-5-4-8-19-12/h11-12,15H,4-10H2,1-3H3. The first kappa shape index (κ1) is 14.5. The van der Waals surface area contributed by atoms with Crippen molar-refractivity contribution in [3.05, 3.63) is 11.4 Å². The van der Waals surface area contributed by atoms with Crippen molar-refractivity contribution in [2.24, 2.45) is 5.92 Å². The molecule has 0 aliphatic carbocycles. The molecule has 19 heavy (non-hydrogen) atoms. The number of nitrogens with zero attached hydrogens (tertiary/aromatic N) is 3. The predicted molar refractivity (Wildman–Crippen MR) is 74.9 cm³/mol. The third-order valence-corrected chi connectivity index (χ3v) is 3.62. The molecule has 0 spiro atoms. The highest BCUT2D eigenvalue weighted by Crippen LogP contribution is 2.17. The molecule has 1 unspecified atom stereocenters. The molecular weight excluding hydrogens is 240 g/mol. The molecule has 1 atom stereocenters. The molecule has 1 aliphatic heterocycles. The second kappa shape index (κ2) is 7.01. The third kappa shape index (κ3) is 4.01. The van der Waals surface area contributed by atoms with Crippen molar-refractivity contribution in [2.75, 3.05) is 13.7 Å². The smallest absolute Gasteiger partial charge is 0.0996 e. The molecule has 0 amide bonds. The summed E-state index contributed by atoms with van der Waals surface area (Å²) in [5.41, 5.74) is 2.36. The van der Waals surface area contributed by atoms with E-state index in [0.717, 1.165) is 38.2 Å². The molecule has 1 aromatic heterocycles. The van der Waals surface area contributed by atoms with Crippen molar-refractivity contribution in [3.63, 3.8) is 0 Å². The quantitative estimate of drug-likeness (QED) is 0.817. The van der Waals surface area contributed by atoms with Crippen LogP contribution in [0.2, 0.25) is 0 Å². The zero-order valence-electron chi connectivity index (χ0n) is 12.4. The van der Waals surface area contributed by atoms with Crippen molar-refractivity contribution >= 4 is 0 Å². The number of hydrogen-bond acceptors (Lipinski definition) is 4. The molecule has 0 aromatic carbocycles. The molecule has 2 heterocycles. The first-order valence-corrected chi connectivity index (χ1v) is 7.38. The van der Waals surface area contributed by atoms with Gasteiger partial charge in [-0.05, 0) is 38.6 Å². The van der Waals surface area contributed by atoms with Crippen LogP contribution in [0.25, 0.3) is 0 Å². The minimum Gasteiger partial charge on any atom is -0.376 e. The van der Waals surface area contributed by atoms with Gasteiger partial charge in [-0.15, -0.1) is 5.10 Å². The minimum atomic E-state index is 0.321. The molecule has 2 rings (SSSR count). The largest absolute Gasteiger partial charge is 0.376 e. The number of ether oxygens (including phenoxy) is 1. The summed E-state index contributed by atoms with van der Waals surface area (Å²) >= 11 is 0. The Morgan fingerprint density at radius 1 is 1.47 bits per heavy atom. The molecule has 0 saturated carbocycles. The number of aromatic nitrogens is 3. The Bertz CT molecular complexity index is 383. The molecule has 1 fully saturated rings. The lowest BCUT2D eigenvalue weighted by Gasteiger charge is -2.13. The third-order valence-electron chi connectivity index (χ3n) is 3.62. The van der Waals surface area contributed by atoms with Gasteiger partial charge in [-0.2, -0.15) is 0 Å². The first-order valence-electron chi connectivity index (χ1n) is 7.38. The topological polar surface area (TPSA) is 52.0 Å². The monoisotopic (exact) mass is 266 g/mol. The van der Waals surface area contributed by atoms with Crippen LogP contribution in [0.3, 0.4) is 0 Å². The Labute approximate surface area is 115 Å². The lowest BCUT2D eigenvalue weighted by molar-refractivity contribution is 0.0926. The summed E-state index contributed by atoms with van der Waals surface area (Å²) in [6.45, 7) is 7.05. The summed E-state index contributed by atoms with van der Waals surface area (Å²) in [7, 11) is 1.95. The van der Waals surface area contributed by atoms with Crippen LogP contribution >= 0.6 is 0 Å². The summed E-state index contributed by atoms with van der Waals surface area (Å²) in [6, 6.07) is 0. The maximum Gasteiger partial charge on any atom is 0.0996 e. The highest BCUT2D eigenvalue weighted by Gasteiger charge is 2.20. The molecule has 0 radical (unpaired) electrons. The van der Waals surface area contributed by atoms with E-state index >= 15 is 0 Å². The van der Waals surface area contributed by atoms with Gasteiger partial charge in [0, 0.05) is 13.2 Å². The van der Waals surface area contributed by atoms with Gasteiger partial charge in [0.25, 0.3) is 0 Å². The number of hydrogen-bond donors (Lipinski definition) is 1. The Morgan fingerprint density at radius 2 is 2.32 bits per heavy atom. The van der Waals surface area contributed by atoms with Gasteiger partial charge in [-0.1, -0.05) is 19.1 Å². The zero-order valence-corrected chi connectivity index (χ0v) is 12.4. The molecule has 1 aliphatic rings. The molecule has 5 heteroatoms. The predicted octanol–water partition coefficient (Wildman–Crippen LogP) is 1.77. The van der Waals surface area contributed by atoms with Crippen molar-refractivity contribution in [1.82, 2.24) is 20.3 Å². The molecular formula is C14H26N4O. The van der Waals surface area contributed by atoms with E-state index in [9.17, 15) is 0 Å². The van der Waals surface area contributed by atoms with E-state index in [0.29, 0.717) is 12.0 Å². The molecule has 5 nitrogen and oxygen atoms in total. The van der Waals surface area contributed by atoms with Gasteiger partial charge in [-0.25, -0.2) is 4.68 Å². The van der Waals surface area contributed by atoms with Crippen LogP contribution in [0, 0.1) is 5.92 Å². The van der Waals surface area contributed by atoms with E-state index in [4.69, 9.17) is 4.74 Å². The summed E-state index contributed by atoms with van der Waals surface area (Å²) in [6.07, 6.45) is 4.86. The SMILES string of the molecule is CNCc1nnn(CC2CCCO2)c1CCC(C)C. The van der Waals surface area contributed by atoms with Crippen LogP contribution in [-0.2, 0) is 24.2 Å². The Balaban J connectivity index is 2.06. The van der Waals surface area contributed by atoms with Crippen LogP contribution in [0.5, 0.6) is 0 Å². The Kier molecular flexibility index (Phi) is 5.34. The van der Waals surface area contributed by atoms with Crippen LogP contribution < -0.4 is 5.32 Å². The van der Waals surface area contributed by atoms with Gasteiger partial charge >= 0.3 is 0 Å². The van der Waals surface area contributed by atoms with Gasteiger partial charge in [0.2, 0.25) is 0 Å². The maximum absolute atomic E-state index is 5.70. The maximum atomic E-state index is 5.70. The summed E-state index contributed by atoms with van der Waals surface area (Å²) in [4.78, 5) is 0. The normalized spacial score (nSPS) is 19.5. The summed E-state index contributed by atoms with van der Waals surface area (Å²) in [5, 5.41) is 11.8. The van der Waals surface area contributed by atoms with Gasteiger partial charge in [0.05, 0.1) is 24.0 Å². The zero-order chi connectivity index (χ0) is 13.7. The van der Waals surface area contributed by atoms with Crippen molar-refractivity contribution in [3.8, 4) is 0 Å². The van der Waals surface area contributed by atoms with E-state index in [2.05, 4.69) is 34.2 Å². The summed E-state index contributed by atoms with van der Waals surface area (Å²) in [5.74, 6) is 0.702. The summed E-state index contributed by atoms with van der Waals surface area (Å²) < 4.78 is 7.76. The molecule has 1 aromatic rings. The first-order chi connectivity index (χ1) is 9.20. The van der Waals surface area contributed by atoms with E-state index in [1.807, 2.05) is 7.05 Å². The van der Waals surface area contributed by atoms with Crippen molar-refractivity contribution in [1.29, 1.82) is 0 Å². The second-order valence-corrected chi connectivity index (χ2v) is 5.76. The van der Waals surface area contributed by atoms with Crippen LogP contribution in [0.15, 0.2) is 0 Å². The van der Waals surface area contributed by atoms with E-state index in [-0.39, 0.29) is 0 Å². The van der Waals surface area contributed by atoms with E-state index in [1.54, 1.807) is 0 Å². The Morgan fingerprint density at radius 3 is 2.95 bits per heavy atom. The van der Waals surface area contributed by atoms with E-state index in [1.165, 1.54) is 18.5 Å². The number of nitrogens with one attached hydrogen (secondary N) is 1. The fourth-order valence-corrected chi connectivity index (χ4v) is 2.50. The Hall–Kier alpha value is -0.940. The van der Waals surface area contributed by atoms with Crippen LogP contribution in [0.4, 0.5) is 0 Å². The molecule has 0 bridgehead atoms. The minimum absolute atomic E-state index is 0.321. The van der Waals surface area contributed by atoms with Crippen LogP contribution in [-0.4, -0.2) is 34.8 Å². The van der Waals surface area contributed by atoms with Gasteiger partial charge in [0.1, 0.15) is 0 Å². The van der Waals surface area contributed by atoms with Gasteiger partial charge in [0.15, 0.2) is 0 Å². The van der Waals surface area contributed by atoms with Crippen molar-refractivity contribution < 1.29 is 4.74 Å². The molecule has 1 N–H and O–H groups in total. The van der Waals surface area contributed by atoms with Gasteiger partial charge in [-0.3, -0.25) is 0 Å². The molecule has 108 valence electrons. The van der Waals surface area contributed by atoms with Gasteiger partial charge < -0.3 is 10.1 Å². The highest BCUT2D eigenvalue weighted by atomic mass is 16.5. The number of rotatable bonds is 7. The van der Waals surface area contributed by atoms with Crippen molar-refractivity contribution in [2.45, 2.75) is 58.7 Å².